The van der Waals surface area contributed by atoms with E-state index in [9.17, 15) is 9.18 Å². The Bertz CT molecular complexity index is 1490. The lowest BCUT2D eigenvalue weighted by atomic mass is 9.92. The fourth-order valence-corrected chi connectivity index (χ4v) is 4.58. The summed E-state index contributed by atoms with van der Waals surface area (Å²) >= 11 is 0. The van der Waals surface area contributed by atoms with Crippen LogP contribution in [0.3, 0.4) is 0 Å². The van der Waals surface area contributed by atoms with Gasteiger partial charge in [-0.25, -0.2) is 9.18 Å². The summed E-state index contributed by atoms with van der Waals surface area (Å²) in [4.78, 5) is 19.7. The third-order valence-electron chi connectivity index (χ3n) is 6.97. The Morgan fingerprint density at radius 1 is 0.973 bits per heavy atom. The Morgan fingerprint density at radius 3 is 2.43 bits per heavy atom. The summed E-state index contributed by atoms with van der Waals surface area (Å²) in [5.41, 5.74) is 7.41. The van der Waals surface area contributed by atoms with Gasteiger partial charge in [-0.05, 0) is 67.1 Å². The highest BCUT2D eigenvalue weighted by Gasteiger charge is 2.36. The van der Waals surface area contributed by atoms with Crippen molar-refractivity contribution in [2.24, 2.45) is 0 Å². The van der Waals surface area contributed by atoms with Gasteiger partial charge in [-0.15, -0.1) is 0 Å². The average molecular weight is 497 g/mol. The van der Waals surface area contributed by atoms with Gasteiger partial charge in [-0.1, -0.05) is 66.7 Å². The molecular formula is C30H29FN4O2. The molecule has 1 aromatic heterocycles. The minimum absolute atomic E-state index is 0.200. The zero-order valence-electron chi connectivity index (χ0n) is 21.4. The van der Waals surface area contributed by atoms with Crippen LogP contribution < -0.4 is 5.32 Å². The number of carbonyl (C=O) groups excluding carboxylic acids is 1. The molecule has 0 saturated heterocycles. The van der Waals surface area contributed by atoms with E-state index >= 15 is 0 Å². The van der Waals surface area contributed by atoms with Crippen molar-refractivity contribution >= 4 is 11.6 Å². The van der Waals surface area contributed by atoms with E-state index in [1.165, 1.54) is 17.7 Å². The van der Waals surface area contributed by atoms with Crippen molar-refractivity contribution in [3.05, 3.63) is 112 Å². The lowest BCUT2D eigenvalue weighted by Crippen LogP contribution is -2.45. The van der Waals surface area contributed by atoms with E-state index in [4.69, 9.17) is 4.52 Å². The molecule has 1 aliphatic rings. The summed E-state index contributed by atoms with van der Waals surface area (Å²) < 4.78 is 19.5. The highest BCUT2D eigenvalue weighted by molar-refractivity contribution is 5.87. The highest BCUT2D eigenvalue weighted by atomic mass is 19.1. The van der Waals surface area contributed by atoms with Gasteiger partial charge in [0.05, 0.1) is 18.2 Å². The van der Waals surface area contributed by atoms with Gasteiger partial charge >= 0.3 is 6.03 Å². The van der Waals surface area contributed by atoms with Crippen LogP contribution in [0.1, 0.15) is 53.6 Å². The first-order valence-corrected chi connectivity index (χ1v) is 12.4. The minimum atomic E-state index is -0.480. The van der Waals surface area contributed by atoms with Crippen molar-refractivity contribution in [3.63, 3.8) is 0 Å². The van der Waals surface area contributed by atoms with Gasteiger partial charge < -0.3 is 9.84 Å². The molecule has 2 heterocycles. The molecule has 188 valence electrons. The summed E-state index contributed by atoms with van der Waals surface area (Å²) in [6.07, 6.45) is 0.954. The number of aromatic nitrogens is 2. The summed E-state index contributed by atoms with van der Waals surface area (Å²) in [6, 6.07) is 19.8. The van der Waals surface area contributed by atoms with Gasteiger partial charge in [-0.2, -0.15) is 4.98 Å². The van der Waals surface area contributed by atoms with E-state index in [0.29, 0.717) is 17.7 Å². The minimum Gasteiger partial charge on any atom is -0.334 e. The first-order valence-electron chi connectivity index (χ1n) is 12.4. The number of allylic oxidation sites excluding steroid dienone is 1. The predicted octanol–water partition coefficient (Wildman–Crippen LogP) is 6.75. The van der Waals surface area contributed by atoms with E-state index in [1.807, 2.05) is 38.1 Å². The normalized spacial score (nSPS) is 15.8. The molecule has 5 rings (SSSR count). The average Bonchev–Trinajstić information content (AvgIpc) is 3.38. The molecule has 6 nitrogen and oxygen atoms in total. The van der Waals surface area contributed by atoms with Gasteiger partial charge in [0.15, 0.2) is 0 Å². The van der Waals surface area contributed by atoms with Gasteiger partial charge in [-0.3, -0.25) is 4.90 Å². The Kier molecular flexibility index (Phi) is 6.61. The van der Waals surface area contributed by atoms with Gasteiger partial charge in [0.25, 0.3) is 5.89 Å². The molecular weight excluding hydrogens is 467 g/mol. The van der Waals surface area contributed by atoms with Crippen LogP contribution in [0, 0.1) is 19.7 Å². The van der Waals surface area contributed by atoms with E-state index < -0.39 is 6.04 Å². The van der Waals surface area contributed by atoms with Crippen LogP contribution in [0.5, 0.6) is 0 Å². The van der Waals surface area contributed by atoms with E-state index in [2.05, 4.69) is 47.5 Å². The molecule has 0 aliphatic carbocycles. The molecule has 0 saturated carbocycles. The fourth-order valence-electron chi connectivity index (χ4n) is 4.58. The summed E-state index contributed by atoms with van der Waals surface area (Å²) in [7, 11) is 0. The zero-order chi connectivity index (χ0) is 26.1. The lowest BCUT2D eigenvalue weighted by molar-refractivity contribution is 0.203. The summed E-state index contributed by atoms with van der Waals surface area (Å²) in [5.74, 6) is 0.191. The fraction of sp³-hybridized carbons (Fsp3) is 0.233. The molecule has 0 bridgehead atoms. The van der Waals surface area contributed by atoms with Crippen LogP contribution in [-0.2, 0) is 13.0 Å². The Labute approximate surface area is 215 Å². The molecule has 1 atom stereocenters. The Balaban J connectivity index is 1.59. The molecule has 0 radical (unpaired) electrons. The van der Waals surface area contributed by atoms with Crippen LogP contribution in [-0.4, -0.2) is 21.1 Å². The van der Waals surface area contributed by atoms with Crippen LogP contribution >= 0.6 is 0 Å². The lowest BCUT2D eigenvalue weighted by Gasteiger charge is -2.35. The Morgan fingerprint density at radius 2 is 1.73 bits per heavy atom. The second-order valence-corrected chi connectivity index (χ2v) is 9.41. The first kappa shape index (κ1) is 24.4. The molecule has 1 N–H and O–H groups in total. The second-order valence-electron chi connectivity index (χ2n) is 9.41. The molecule has 3 aromatic carbocycles. The molecule has 0 fully saturated rings. The summed E-state index contributed by atoms with van der Waals surface area (Å²) in [6.45, 7) is 8.50. The SMILES string of the molecule is CCc1ccc(CN2C(=O)NC(c3ccc(C)c(C)c3)C(c3nc(-c4cccc(F)c4)no3)=C2C)cc1. The molecule has 2 amide bonds. The number of urea groups is 1. The number of rotatable bonds is 6. The van der Waals surface area contributed by atoms with Crippen LogP contribution in [0.4, 0.5) is 9.18 Å². The van der Waals surface area contributed by atoms with Gasteiger partial charge in [0.2, 0.25) is 5.82 Å². The van der Waals surface area contributed by atoms with Crippen molar-refractivity contribution in [2.45, 2.75) is 46.7 Å². The van der Waals surface area contributed by atoms with Crippen LogP contribution in [0.15, 0.2) is 77.0 Å². The largest absolute Gasteiger partial charge is 0.334 e. The standard InChI is InChI=1S/C30H29FN4O2/c1-5-21-10-12-22(13-11-21)17-35-20(4)26(27(32-30(35)36)23-14-9-18(2)19(3)15-23)29-33-28(34-37-29)24-7-6-8-25(31)16-24/h6-16,27H,5,17H2,1-4H3,(H,32,36). The third-order valence-corrected chi connectivity index (χ3v) is 6.97. The van der Waals surface area contributed by atoms with Crippen LogP contribution in [0.2, 0.25) is 0 Å². The van der Waals surface area contributed by atoms with Crippen molar-refractivity contribution in [1.82, 2.24) is 20.4 Å². The van der Waals surface area contributed by atoms with Crippen molar-refractivity contribution < 1.29 is 13.7 Å². The molecule has 0 spiro atoms. The second kappa shape index (κ2) is 10.0. The maximum Gasteiger partial charge on any atom is 0.322 e. The number of carbonyl (C=O) groups is 1. The maximum absolute atomic E-state index is 13.8. The molecule has 1 unspecified atom stereocenters. The highest BCUT2D eigenvalue weighted by Crippen LogP contribution is 2.38. The van der Waals surface area contributed by atoms with E-state index in [0.717, 1.165) is 34.4 Å². The Hall–Kier alpha value is -4.26. The van der Waals surface area contributed by atoms with Gasteiger partial charge in [0.1, 0.15) is 5.82 Å². The number of hydrogen-bond acceptors (Lipinski definition) is 4. The molecule has 7 heteroatoms. The number of benzene rings is 3. The maximum atomic E-state index is 13.8. The molecule has 4 aromatic rings. The quantitative estimate of drug-likeness (QED) is 0.320. The number of halogens is 1. The van der Waals surface area contributed by atoms with Crippen molar-refractivity contribution in [2.75, 3.05) is 0 Å². The van der Waals surface area contributed by atoms with E-state index in [-0.39, 0.29) is 23.6 Å². The monoisotopic (exact) mass is 496 g/mol. The van der Waals surface area contributed by atoms with Crippen molar-refractivity contribution in [3.8, 4) is 11.4 Å². The number of hydrogen-bond donors (Lipinski definition) is 1. The first-order chi connectivity index (χ1) is 17.8. The third kappa shape index (κ3) is 4.89. The van der Waals surface area contributed by atoms with Crippen molar-refractivity contribution in [1.29, 1.82) is 0 Å². The summed E-state index contributed by atoms with van der Waals surface area (Å²) in [5, 5.41) is 7.28. The smallest absolute Gasteiger partial charge is 0.322 e. The van der Waals surface area contributed by atoms with E-state index in [1.54, 1.807) is 17.0 Å². The molecule has 37 heavy (non-hydrogen) atoms. The van der Waals surface area contributed by atoms with Crippen LogP contribution in [0.25, 0.3) is 17.0 Å². The number of nitrogens with one attached hydrogen (secondary N) is 1. The number of aryl methyl sites for hydroxylation is 3. The zero-order valence-corrected chi connectivity index (χ0v) is 21.4. The topological polar surface area (TPSA) is 71.3 Å². The molecule has 1 aliphatic heterocycles. The number of amides is 2. The predicted molar refractivity (Wildman–Crippen MR) is 141 cm³/mol. The number of nitrogens with zero attached hydrogens (tertiary/aromatic N) is 3. The van der Waals surface area contributed by atoms with Gasteiger partial charge in [0, 0.05) is 11.3 Å².